The zero-order valence-corrected chi connectivity index (χ0v) is 8.07. The Morgan fingerprint density at radius 1 is 1.50 bits per heavy atom. The molecule has 1 aromatic heterocycles. The van der Waals surface area contributed by atoms with Crippen LogP contribution in [0.1, 0.15) is 25.1 Å². The van der Waals surface area contributed by atoms with E-state index in [0.29, 0.717) is 0 Å². The normalized spacial score (nSPS) is 17.4. The van der Waals surface area contributed by atoms with E-state index in [9.17, 15) is 0 Å². The fraction of sp³-hybridized carbons (Fsp3) is 0.667. The lowest BCUT2D eigenvalue weighted by molar-refractivity contribution is 0.361. The largest absolute Gasteiger partial charge is 0.360 e. The van der Waals surface area contributed by atoms with Gasteiger partial charge in [0.25, 0.3) is 0 Å². The Labute approximate surface area is 82.6 Å². The molecule has 76 valence electrons. The Kier molecular flexibility index (Phi) is 2.76. The van der Waals surface area contributed by atoms with Gasteiger partial charge in [0.15, 0.2) is 5.82 Å². The van der Waals surface area contributed by atoms with Crippen molar-refractivity contribution in [1.82, 2.24) is 15.0 Å². The topological polar surface area (TPSA) is 66.0 Å². The lowest BCUT2D eigenvalue weighted by Gasteiger charge is -2.28. The van der Waals surface area contributed by atoms with Crippen LogP contribution >= 0.6 is 0 Å². The minimum absolute atomic E-state index is 0.725. The molecule has 5 nitrogen and oxygen atoms in total. The van der Waals surface area contributed by atoms with Crippen LogP contribution in [0.4, 0.5) is 0 Å². The van der Waals surface area contributed by atoms with Gasteiger partial charge in [-0.05, 0) is 12.8 Å². The highest BCUT2D eigenvalue weighted by Gasteiger charge is 2.14. The Morgan fingerprint density at radius 2 is 2.43 bits per heavy atom. The number of hydrogen-bond donors (Lipinski definition) is 1. The zero-order chi connectivity index (χ0) is 9.80. The summed E-state index contributed by atoms with van der Waals surface area (Å²) in [5, 5.41) is 11.5. The van der Waals surface area contributed by atoms with Gasteiger partial charge in [-0.25, -0.2) is 0 Å². The van der Waals surface area contributed by atoms with Gasteiger partial charge in [0.05, 0.1) is 5.84 Å². The van der Waals surface area contributed by atoms with Crippen LogP contribution in [0, 0.1) is 5.41 Å². The van der Waals surface area contributed by atoms with Crippen LogP contribution in [0.3, 0.4) is 0 Å². The second-order valence-electron chi connectivity index (χ2n) is 3.49. The number of likely N-dealkylation sites (tertiary alicyclic amines) is 1. The summed E-state index contributed by atoms with van der Waals surface area (Å²) in [6.07, 6.45) is 5.36. The highest BCUT2D eigenvalue weighted by molar-refractivity contribution is 5.79. The highest BCUT2D eigenvalue weighted by atomic mass is 16.5. The first-order valence-corrected chi connectivity index (χ1v) is 4.94. The molecule has 5 heteroatoms. The molecule has 1 aliphatic rings. The smallest absolute Gasteiger partial charge is 0.213 e. The van der Waals surface area contributed by atoms with E-state index in [4.69, 9.17) is 5.41 Å². The van der Waals surface area contributed by atoms with Gasteiger partial charge in [0, 0.05) is 25.9 Å². The molecule has 1 saturated heterocycles. The molecular weight excluding hydrogens is 180 g/mol. The molecule has 1 aliphatic heterocycles. The molecule has 1 fully saturated rings. The predicted molar refractivity (Wildman–Crippen MR) is 51.2 cm³/mol. The van der Waals surface area contributed by atoms with E-state index in [1.807, 2.05) is 0 Å². The molecule has 1 aromatic rings. The first-order chi connectivity index (χ1) is 6.86. The van der Waals surface area contributed by atoms with Gasteiger partial charge in [0.1, 0.15) is 0 Å². The van der Waals surface area contributed by atoms with E-state index in [-0.39, 0.29) is 0 Å². The summed E-state index contributed by atoms with van der Waals surface area (Å²) >= 11 is 0. The molecular formula is C9H14N4O. The third-order valence-corrected chi connectivity index (χ3v) is 2.49. The highest BCUT2D eigenvalue weighted by Crippen LogP contribution is 2.10. The van der Waals surface area contributed by atoms with Gasteiger partial charge in [-0.1, -0.05) is 5.16 Å². The summed E-state index contributed by atoms with van der Waals surface area (Å²) in [5.74, 6) is 1.48. The van der Waals surface area contributed by atoms with Crippen LogP contribution in [0.15, 0.2) is 10.9 Å². The van der Waals surface area contributed by atoms with E-state index >= 15 is 0 Å². The molecule has 0 aliphatic carbocycles. The van der Waals surface area contributed by atoms with E-state index in [0.717, 1.165) is 44.0 Å². The lowest BCUT2D eigenvalue weighted by atomic mass is 10.1. The van der Waals surface area contributed by atoms with Crippen molar-refractivity contribution in [1.29, 1.82) is 5.41 Å². The van der Waals surface area contributed by atoms with E-state index in [2.05, 4.69) is 19.6 Å². The fourth-order valence-electron chi connectivity index (χ4n) is 1.67. The summed E-state index contributed by atoms with van der Waals surface area (Å²) in [7, 11) is 0. The molecule has 0 spiro atoms. The minimum Gasteiger partial charge on any atom is -0.360 e. The fourth-order valence-corrected chi connectivity index (χ4v) is 1.67. The monoisotopic (exact) mass is 194 g/mol. The summed E-state index contributed by atoms with van der Waals surface area (Å²) < 4.78 is 4.65. The zero-order valence-electron chi connectivity index (χ0n) is 8.07. The maximum Gasteiger partial charge on any atom is 0.213 e. The Bertz CT molecular complexity index is 296. The van der Waals surface area contributed by atoms with Gasteiger partial charge in [-0.3, -0.25) is 5.41 Å². The van der Waals surface area contributed by atoms with Crippen molar-refractivity contribution in [3.05, 3.63) is 12.2 Å². The summed E-state index contributed by atoms with van der Waals surface area (Å²) in [6, 6.07) is 0. The maximum absolute atomic E-state index is 7.74. The van der Waals surface area contributed by atoms with Crippen molar-refractivity contribution in [2.75, 3.05) is 13.1 Å². The molecule has 2 rings (SSSR count). The molecule has 2 heterocycles. The molecule has 14 heavy (non-hydrogen) atoms. The molecule has 1 N–H and O–H groups in total. The SMILES string of the molecule is N=C1CCCCN1CCc1ncon1. The number of piperidine rings is 1. The molecule has 0 bridgehead atoms. The van der Waals surface area contributed by atoms with Gasteiger partial charge in [0.2, 0.25) is 6.39 Å². The van der Waals surface area contributed by atoms with Crippen molar-refractivity contribution in [3.8, 4) is 0 Å². The summed E-state index contributed by atoms with van der Waals surface area (Å²) in [4.78, 5) is 6.05. The predicted octanol–water partition coefficient (Wildman–Crippen LogP) is 1.08. The Morgan fingerprint density at radius 3 is 3.14 bits per heavy atom. The van der Waals surface area contributed by atoms with Gasteiger partial charge >= 0.3 is 0 Å². The van der Waals surface area contributed by atoms with Crippen molar-refractivity contribution in [2.45, 2.75) is 25.7 Å². The van der Waals surface area contributed by atoms with Crippen molar-refractivity contribution in [3.63, 3.8) is 0 Å². The lowest BCUT2D eigenvalue weighted by Crippen LogP contribution is -2.36. The Hall–Kier alpha value is -1.39. The van der Waals surface area contributed by atoms with Crippen LogP contribution in [0.25, 0.3) is 0 Å². The molecule has 0 saturated carbocycles. The number of nitrogens with zero attached hydrogens (tertiary/aromatic N) is 3. The second kappa shape index (κ2) is 4.21. The van der Waals surface area contributed by atoms with Crippen molar-refractivity contribution >= 4 is 5.84 Å². The van der Waals surface area contributed by atoms with Gasteiger partial charge in [-0.15, -0.1) is 0 Å². The van der Waals surface area contributed by atoms with Crippen LogP contribution < -0.4 is 0 Å². The van der Waals surface area contributed by atoms with E-state index in [1.165, 1.54) is 12.8 Å². The van der Waals surface area contributed by atoms with E-state index < -0.39 is 0 Å². The summed E-state index contributed by atoms with van der Waals surface area (Å²) in [5.41, 5.74) is 0. The van der Waals surface area contributed by atoms with Gasteiger partial charge in [-0.2, -0.15) is 4.98 Å². The standard InChI is InChI=1S/C9H14N4O/c10-8-3-1-2-5-13(8)6-4-9-11-7-14-12-9/h7,10H,1-6H2. The number of nitrogens with one attached hydrogen (secondary N) is 1. The molecule has 0 amide bonds. The average Bonchev–Trinajstić information content (AvgIpc) is 2.69. The quantitative estimate of drug-likeness (QED) is 0.781. The van der Waals surface area contributed by atoms with Gasteiger partial charge < -0.3 is 9.42 Å². The van der Waals surface area contributed by atoms with Crippen molar-refractivity contribution in [2.24, 2.45) is 0 Å². The Balaban J connectivity index is 1.82. The van der Waals surface area contributed by atoms with E-state index in [1.54, 1.807) is 0 Å². The number of rotatable bonds is 3. The van der Waals surface area contributed by atoms with Crippen molar-refractivity contribution < 1.29 is 4.52 Å². The number of amidine groups is 1. The third kappa shape index (κ3) is 2.10. The summed E-state index contributed by atoms with van der Waals surface area (Å²) in [6.45, 7) is 1.83. The first-order valence-electron chi connectivity index (χ1n) is 4.94. The van der Waals surface area contributed by atoms with Crippen LogP contribution in [0.5, 0.6) is 0 Å². The minimum atomic E-state index is 0.725. The van der Waals surface area contributed by atoms with Crippen LogP contribution in [-0.4, -0.2) is 34.0 Å². The maximum atomic E-state index is 7.74. The number of hydrogen-bond acceptors (Lipinski definition) is 4. The molecule has 0 atom stereocenters. The number of aromatic nitrogens is 2. The molecule has 0 unspecified atom stereocenters. The molecule has 0 aromatic carbocycles. The second-order valence-corrected chi connectivity index (χ2v) is 3.49. The first kappa shape index (κ1) is 9.18. The van der Waals surface area contributed by atoms with Crippen LogP contribution in [0.2, 0.25) is 0 Å². The average molecular weight is 194 g/mol. The van der Waals surface area contributed by atoms with Crippen LogP contribution in [-0.2, 0) is 6.42 Å². The molecule has 0 radical (unpaired) electrons. The third-order valence-electron chi connectivity index (χ3n) is 2.49.